The van der Waals surface area contributed by atoms with Crippen LogP contribution in [-0.2, 0) is 14.3 Å². The van der Waals surface area contributed by atoms with E-state index in [4.69, 9.17) is 9.84 Å². The second-order valence-corrected chi connectivity index (χ2v) is 4.59. The van der Waals surface area contributed by atoms with Crippen molar-refractivity contribution in [2.45, 2.75) is 44.4 Å². The summed E-state index contributed by atoms with van der Waals surface area (Å²) in [5.41, 5.74) is 0.422. The van der Waals surface area contributed by atoms with Crippen LogP contribution in [0.3, 0.4) is 0 Å². The third-order valence-corrected chi connectivity index (χ3v) is 3.37. The Bertz CT molecular complexity index is 364. The summed E-state index contributed by atoms with van der Waals surface area (Å²) in [6.07, 6.45) is 1.33. The van der Waals surface area contributed by atoms with Crippen molar-refractivity contribution in [3.05, 3.63) is 11.8 Å². The van der Waals surface area contributed by atoms with Gasteiger partial charge in [0.05, 0.1) is 12.2 Å². The molecule has 94 valence electrons. The van der Waals surface area contributed by atoms with E-state index in [1.54, 1.807) is 0 Å². The first-order chi connectivity index (χ1) is 8.08. The average Bonchev–Trinajstić information content (AvgIpc) is 2.27. The molecule has 0 spiro atoms. The topological polar surface area (TPSA) is 63.6 Å². The predicted molar refractivity (Wildman–Crippen MR) is 57.1 cm³/mol. The van der Waals surface area contributed by atoms with Gasteiger partial charge in [-0.3, -0.25) is 9.59 Å². The Labute approximate surface area is 98.4 Å². The molecular formula is C12H15FO4. The number of carboxylic acids is 1. The van der Waals surface area contributed by atoms with Gasteiger partial charge in [0.25, 0.3) is 0 Å². The highest BCUT2D eigenvalue weighted by Gasteiger charge is 2.39. The van der Waals surface area contributed by atoms with Gasteiger partial charge in [-0.25, -0.2) is 4.39 Å². The third-order valence-electron chi connectivity index (χ3n) is 3.37. The normalized spacial score (nSPS) is 32.4. The Balaban J connectivity index is 2.02. The zero-order valence-corrected chi connectivity index (χ0v) is 9.39. The van der Waals surface area contributed by atoms with Gasteiger partial charge >= 0.3 is 5.97 Å². The summed E-state index contributed by atoms with van der Waals surface area (Å²) in [6.45, 7) is 0. The Morgan fingerprint density at radius 2 is 2.29 bits per heavy atom. The number of ketones is 1. The van der Waals surface area contributed by atoms with E-state index in [1.165, 1.54) is 6.26 Å². The van der Waals surface area contributed by atoms with Crippen LogP contribution in [-0.4, -0.2) is 29.1 Å². The van der Waals surface area contributed by atoms with Crippen LogP contribution >= 0.6 is 0 Å². The van der Waals surface area contributed by atoms with Gasteiger partial charge in [0, 0.05) is 18.4 Å². The molecule has 5 heteroatoms. The zero-order valence-electron chi connectivity index (χ0n) is 9.39. The highest BCUT2D eigenvalue weighted by Crippen LogP contribution is 2.35. The molecule has 0 aromatic carbocycles. The molecule has 0 aromatic rings. The average molecular weight is 242 g/mol. The van der Waals surface area contributed by atoms with E-state index in [1.807, 2.05) is 0 Å². The lowest BCUT2D eigenvalue weighted by Crippen LogP contribution is -2.40. The molecule has 1 heterocycles. The number of Topliss-reactive ketones (excluding diaryl/α,β-unsaturated/α-hetero) is 1. The summed E-state index contributed by atoms with van der Waals surface area (Å²) >= 11 is 0. The smallest absolute Gasteiger partial charge is 0.303 e. The standard InChI is InChI=1S/C12H15FO4/c13-8-2-3-9-10(5-8)17-6-7(12(9)16)1-4-11(14)15/h6,8-10H,1-5H2,(H,14,15). The van der Waals surface area contributed by atoms with Crippen LogP contribution in [0.4, 0.5) is 4.39 Å². The Hall–Kier alpha value is -1.39. The zero-order chi connectivity index (χ0) is 12.4. The van der Waals surface area contributed by atoms with Crippen molar-refractivity contribution >= 4 is 11.8 Å². The van der Waals surface area contributed by atoms with Crippen LogP contribution in [0, 0.1) is 5.92 Å². The van der Waals surface area contributed by atoms with E-state index in [-0.39, 0.29) is 37.1 Å². The summed E-state index contributed by atoms with van der Waals surface area (Å²) < 4.78 is 18.5. The number of halogens is 1. The van der Waals surface area contributed by atoms with E-state index >= 15 is 0 Å². The number of carboxylic acid groups (broad SMARTS) is 1. The first-order valence-corrected chi connectivity index (χ1v) is 5.82. The molecular weight excluding hydrogens is 227 g/mol. The van der Waals surface area contributed by atoms with E-state index < -0.39 is 12.1 Å². The molecule has 1 saturated carbocycles. The Morgan fingerprint density at radius 1 is 1.53 bits per heavy atom. The summed E-state index contributed by atoms with van der Waals surface area (Å²) in [4.78, 5) is 22.5. The Kier molecular flexibility index (Phi) is 3.45. The molecule has 3 unspecified atom stereocenters. The molecule has 1 aliphatic carbocycles. The van der Waals surface area contributed by atoms with Crippen LogP contribution in [0.5, 0.6) is 0 Å². The van der Waals surface area contributed by atoms with Gasteiger partial charge in [0.2, 0.25) is 0 Å². The Morgan fingerprint density at radius 3 is 3.00 bits per heavy atom. The lowest BCUT2D eigenvalue weighted by molar-refractivity contribution is -0.137. The van der Waals surface area contributed by atoms with Gasteiger partial charge in [0.15, 0.2) is 5.78 Å². The third kappa shape index (κ3) is 2.65. The monoisotopic (exact) mass is 242 g/mol. The maximum Gasteiger partial charge on any atom is 0.303 e. The summed E-state index contributed by atoms with van der Waals surface area (Å²) in [7, 11) is 0. The van der Waals surface area contributed by atoms with Gasteiger partial charge in [-0.05, 0) is 19.3 Å². The van der Waals surface area contributed by atoms with Gasteiger partial charge < -0.3 is 9.84 Å². The molecule has 17 heavy (non-hydrogen) atoms. The predicted octanol–water partition coefficient (Wildman–Crippen LogP) is 1.84. The fourth-order valence-corrected chi connectivity index (χ4v) is 2.42. The molecule has 0 bridgehead atoms. The molecule has 4 nitrogen and oxygen atoms in total. The first kappa shape index (κ1) is 12.1. The van der Waals surface area contributed by atoms with Crippen LogP contribution in [0.2, 0.25) is 0 Å². The van der Waals surface area contributed by atoms with Crippen molar-refractivity contribution in [1.29, 1.82) is 0 Å². The second kappa shape index (κ2) is 4.85. The maximum absolute atomic E-state index is 13.1. The number of hydrogen-bond acceptors (Lipinski definition) is 3. The highest BCUT2D eigenvalue weighted by molar-refractivity contribution is 5.98. The summed E-state index contributed by atoms with van der Waals surface area (Å²) in [5.74, 6) is -1.28. The van der Waals surface area contributed by atoms with Crippen molar-refractivity contribution in [3.63, 3.8) is 0 Å². The number of alkyl halides is 1. The summed E-state index contributed by atoms with van der Waals surface area (Å²) in [5, 5.41) is 8.57. The molecule has 2 rings (SSSR count). The van der Waals surface area contributed by atoms with Gasteiger partial charge in [-0.2, -0.15) is 0 Å². The molecule has 1 N–H and O–H groups in total. The van der Waals surface area contributed by atoms with Gasteiger partial charge in [0.1, 0.15) is 12.3 Å². The molecule has 0 radical (unpaired) electrons. The van der Waals surface area contributed by atoms with E-state index in [2.05, 4.69) is 0 Å². The number of carbonyl (C=O) groups excluding carboxylic acids is 1. The molecule has 0 amide bonds. The number of hydrogen-bond donors (Lipinski definition) is 1. The minimum Gasteiger partial charge on any atom is -0.497 e. The minimum absolute atomic E-state index is 0.0607. The molecule has 0 saturated heterocycles. The number of fused-ring (bicyclic) bond motifs is 1. The lowest BCUT2D eigenvalue weighted by Gasteiger charge is -2.35. The van der Waals surface area contributed by atoms with Crippen molar-refractivity contribution < 1.29 is 23.8 Å². The van der Waals surface area contributed by atoms with Gasteiger partial charge in [-0.1, -0.05) is 0 Å². The van der Waals surface area contributed by atoms with Crippen LogP contribution in [0.25, 0.3) is 0 Å². The summed E-state index contributed by atoms with van der Waals surface area (Å²) in [6, 6.07) is 0. The number of carbonyl (C=O) groups is 2. The van der Waals surface area contributed by atoms with E-state index in [0.717, 1.165) is 0 Å². The molecule has 0 aromatic heterocycles. The number of ether oxygens (including phenoxy) is 1. The highest BCUT2D eigenvalue weighted by atomic mass is 19.1. The molecule has 3 atom stereocenters. The largest absolute Gasteiger partial charge is 0.497 e. The number of allylic oxidation sites excluding steroid dienone is 1. The molecule has 1 fully saturated rings. The van der Waals surface area contributed by atoms with Crippen molar-refractivity contribution in [1.82, 2.24) is 0 Å². The fraction of sp³-hybridized carbons (Fsp3) is 0.667. The molecule has 1 aliphatic heterocycles. The van der Waals surface area contributed by atoms with E-state index in [0.29, 0.717) is 18.4 Å². The van der Waals surface area contributed by atoms with Gasteiger partial charge in [-0.15, -0.1) is 0 Å². The molecule has 2 aliphatic rings. The lowest BCUT2D eigenvalue weighted by atomic mass is 9.79. The van der Waals surface area contributed by atoms with Crippen molar-refractivity contribution in [2.24, 2.45) is 5.92 Å². The second-order valence-electron chi connectivity index (χ2n) is 4.59. The first-order valence-electron chi connectivity index (χ1n) is 5.82. The minimum atomic E-state index is -0.937. The van der Waals surface area contributed by atoms with Crippen LogP contribution < -0.4 is 0 Å². The number of aliphatic carboxylic acids is 1. The maximum atomic E-state index is 13.1. The van der Waals surface area contributed by atoms with Crippen LogP contribution in [0.15, 0.2) is 11.8 Å². The fourth-order valence-electron chi connectivity index (χ4n) is 2.42. The quantitative estimate of drug-likeness (QED) is 0.820. The van der Waals surface area contributed by atoms with Crippen molar-refractivity contribution in [3.8, 4) is 0 Å². The van der Waals surface area contributed by atoms with Crippen LogP contribution in [0.1, 0.15) is 32.1 Å². The van der Waals surface area contributed by atoms with E-state index in [9.17, 15) is 14.0 Å². The van der Waals surface area contributed by atoms with Crippen molar-refractivity contribution in [2.75, 3.05) is 0 Å². The number of rotatable bonds is 3. The SMILES string of the molecule is O=C(O)CCC1=COC2CC(F)CCC2C1=O.